The van der Waals surface area contributed by atoms with Gasteiger partial charge in [0.1, 0.15) is 4.99 Å². The van der Waals surface area contributed by atoms with Crippen LogP contribution in [0.3, 0.4) is 0 Å². The Labute approximate surface area is 80.9 Å². The zero-order chi connectivity index (χ0) is 9.30. The van der Waals surface area contributed by atoms with Crippen molar-refractivity contribution in [1.29, 1.82) is 0 Å². The van der Waals surface area contributed by atoms with Crippen molar-refractivity contribution in [3.05, 3.63) is 22.0 Å². The third-order valence-corrected chi connectivity index (χ3v) is 2.13. The number of nitrogens with zero attached hydrogens (tertiary/aromatic N) is 2. The molecule has 0 saturated heterocycles. The van der Waals surface area contributed by atoms with Crippen LogP contribution in [0.15, 0.2) is 0 Å². The molecule has 1 aromatic heterocycles. The summed E-state index contributed by atoms with van der Waals surface area (Å²) in [6.45, 7) is 3.70. The number of hydrogen-bond donors (Lipinski definition) is 1. The van der Waals surface area contributed by atoms with Crippen LogP contribution in [0, 0.1) is 13.8 Å². The van der Waals surface area contributed by atoms with Crippen molar-refractivity contribution >= 4 is 28.8 Å². The first-order chi connectivity index (χ1) is 5.54. The van der Waals surface area contributed by atoms with Crippen molar-refractivity contribution in [2.75, 3.05) is 0 Å². The molecular weight excluding hydrogens is 194 g/mol. The molecule has 0 saturated carbocycles. The van der Waals surface area contributed by atoms with Gasteiger partial charge in [-0.25, -0.2) is 0 Å². The minimum absolute atomic E-state index is 0.260. The maximum atomic E-state index is 5.76. The molecule has 0 atom stereocenters. The van der Waals surface area contributed by atoms with Crippen LogP contribution in [0.4, 0.5) is 0 Å². The second-order valence-corrected chi connectivity index (χ2v) is 3.24. The van der Waals surface area contributed by atoms with Gasteiger partial charge in [0, 0.05) is 0 Å². The third-order valence-electron chi connectivity index (χ3n) is 1.66. The monoisotopic (exact) mass is 201 g/mol. The van der Waals surface area contributed by atoms with Crippen LogP contribution in [0.25, 0.3) is 0 Å². The maximum Gasteiger partial charge on any atom is 0.162 e. The lowest BCUT2D eigenvalue weighted by molar-refractivity contribution is 0.958. The van der Waals surface area contributed by atoms with E-state index in [9.17, 15) is 0 Å². The number of aryl methyl sites for hydroxylation is 1. The number of rotatable bonds is 1. The predicted octanol–water partition coefficient (Wildman–Crippen LogP) is 1.38. The summed E-state index contributed by atoms with van der Waals surface area (Å²) in [5.74, 6) is 0. The summed E-state index contributed by atoms with van der Waals surface area (Å²) < 4.78 is 0. The van der Waals surface area contributed by atoms with Crippen LogP contribution in [-0.4, -0.2) is 15.2 Å². The molecule has 0 aromatic carbocycles. The van der Waals surface area contributed by atoms with E-state index in [4.69, 9.17) is 29.6 Å². The molecule has 5 heteroatoms. The van der Waals surface area contributed by atoms with Gasteiger partial charge in [-0.15, -0.1) is 5.10 Å². The fourth-order valence-electron chi connectivity index (χ4n) is 0.866. The number of halogens is 1. The van der Waals surface area contributed by atoms with E-state index in [1.165, 1.54) is 0 Å². The molecule has 1 rings (SSSR count). The third kappa shape index (κ3) is 1.54. The fourth-order valence-corrected chi connectivity index (χ4v) is 1.45. The maximum absolute atomic E-state index is 5.76. The predicted molar refractivity (Wildman–Crippen MR) is 52.4 cm³/mol. The number of aromatic nitrogens is 2. The molecule has 1 aromatic rings. The van der Waals surface area contributed by atoms with Gasteiger partial charge in [-0.1, -0.05) is 23.8 Å². The van der Waals surface area contributed by atoms with Gasteiger partial charge in [0.2, 0.25) is 0 Å². The van der Waals surface area contributed by atoms with E-state index >= 15 is 0 Å². The van der Waals surface area contributed by atoms with E-state index in [1.807, 2.05) is 13.8 Å². The fraction of sp³-hybridized carbons (Fsp3) is 0.286. The topological polar surface area (TPSA) is 51.8 Å². The van der Waals surface area contributed by atoms with Gasteiger partial charge in [0.05, 0.1) is 11.3 Å². The van der Waals surface area contributed by atoms with Gasteiger partial charge in [0.15, 0.2) is 5.15 Å². The van der Waals surface area contributed by atoms with Crippen molar-refractivity contribution in [1.82, 2.24) is 10.2 Å². The Morgan fingerprint density at radius 1 is 1.42 bits per heavy atom. The summed E-state index contributed by atoms with van der Waals surface area (Å²) in [6.07, 6.45) is 0. The molecule has 2 N–H and O–H groups in total. The molecular formula is C7H8ClN3S. The number of hydrogen-bond acceptors (Lipinski definition) is 3. The van der Waals surface area contributed by atoms with Crippen LogP contribution < -0.4 is 5.73 Å². The summed E-state index contributed by atoms with van der Waals surface area (Å²) in [7, 11) is 0. The van der Waals surface area contributed by atoms with E-state index in [2.05, 4.69) is 10.2 Å². The molecule has 64 valence electrons. The highest BCUT2D eigenvalue weighted by molar-refractivity contribution is 7.80. The molecule has 0 aliphatic carbocycles. The first-order valence-electron chi connectivity index (χ1n) is 3.33. The van der Waals surface area contributed by atoms with E-state index in [1.54, 1.807) is 0 Å². The lowest BCUT2D eigenvalue weighted by Crippen LogP contribution is -2.14. The summed E-state index contributed by atoms with van der Waals surface area (Å²) >= 11 is 10.6. The molecule has 0 unspecified atom stereocenters. The van der Waals surface area contributed by atoms with Gasteiger partial charge < -0.3 is 5.73 Å². The van der Waals surface area contributed by atoms with E-state index in [0.29, 0.717) is 5.56 Å². The van der Waals surface area contributed by atoms with Crippen molar-refractivity contribution in [2.24, 2.45) is 5.73 Å². The second kappa shape index (κ2) is 3.33. The van der Waals surface area contributed by atoms with Crippen LogP contribution in [0.1, 0.15) is 16.8 Å². The molecule has 3 nitrogen and oxygen atoms in total. The average Bonchev–Trinajstić information content (AvgIpc) is 1.97. The highest BCUT2D eigenvalue weighted by Crippen LogP contribution is 2.17. The summed E-state index contributed by atoms with van der Waals surface area (Å²) in [5.41, 5.74) is 7.77. The molecule has 0 radical (unpaired) electrons. The van der Waals surface area contributed by atoms with Crippen molar-refractivity contribution in [3.8, 4) is 0 Å². The lowest BCUT2D eigenvalue weighted by atomic mass is 10.1. The smallest absolute Gasteiger partial charge is 0.162 e. The molecule has 0 fully saturated rings. The molecule has 0 amide bonds. The number of thiocarbonyl (C=S) groups is 1. The highest BCUT2D eigenvalue weighted by Gasteiger charge is 2.10. The van der Waals surface area contributed by atoms with Crippen molar-refractivity contribution in [3.63, 3.8) is 0 Å². The van der Waals surface area contributed by atoms with E-state index in [0.717, 1.165) is 11.3 Å². The molecule has 1 heterocycles. The quantitative estimate of drug-likeness (QED) is 0.698. The molecule has 0 aliphatic heterocycles. The van der Waals surface area contributed by atoms with Gasteiger partial charge in [-0.05, 0) is 19.4 Å². The van der Waals surface area contributed by atoms with Gasteiger partial charge in [-0.3, -0.25) is 0 Å². The van der Waals surface area contributed by atoms with Crippen LogP contribution in [0.2, 0.25) is 5.15 Å². The van der Waals surface area contributed by atoms with Crippen LogP contribution >= 0.6 is 23.8 Å². The normalized spacial score (nSPS) is 9.92. The first-order valence-corrected chi connectivity index (χ1v) is 4.12. The van der Waals surface area contributed by atoms with Crippen molar-refractivity contribution in [2.45, 2.75) is 13.8 Å². The first kappa shape index (κ1) is 9.35. The zero-order valence-corrected chi connectivity index (χ0v) is 8.33. The SMILES string of the molecule is Cc1nnc(Cl)c(C(N)=S)c1C. The summed E-state index contributed by atoms with van der Waals surface area (Å²) in [6, 6.07) is 0. The minimum Gasteiger partial charge on any atom is -0.389 e. The van der Waals surface area contributed by atoms with Crippen molar-refractivity contribution < 1.29 is 0 Å². The molecule has 0 aliphatic rings. The van der Waals surface area contributed by atoms with Gasteiger partial charge >= 0.3 is 0 Å². The van der Waals surface area contributed by atoms with Crippen LogP contribution in [-0.2, 0) is 0 Å². The molecule has 0 bridgehead atoms. The Morgan fingerprint density at radius 3 is 2.42 bits per heavy atom. The summed E-state index contributed by atoms with van der Waals surface area (Å²) in [5, 5.41) is 7.80. The van der Waals surface area contributed by atoms with Gasteiger partial charge in [0.25, 0.3) is 0 Å². The van der Waals surface area contributed by atoms with Crippen LogP contribution in [0.5, 0.6) is 0 Å². The van der Waals surface area contributed by atoms with E-state index in [-0.39, 0.29) is 10.1 Å². The Hall–Kier alpha value is -0.740. The Bertz CT molecular complexity index is 338. The Balaban J connectivity index is 3.43. The lowest BCUT2D eigenvalue weighted by Gasteiger charge is -2.06. The zero-order valence-electron chi connectivity index (χ0n) is 6.76. The molecule has 12 heavy (non-hydrogen) atoms. The number of nitrogens with two attached hydrogens (primary N) is 1. The van der Waals surface area contributed by atoms with E-state index < -0.39 is 0 Å². The average molecular weight is 202 g/mol. The highest BCUT2D eigenvalue weighted by atomic mass is 35.5. The Kier molecular flexibility index (Phi) is 2.59. The Morgan fingerprint density at radius 2 is 2.00 bits per heavy atom. The van der Waals surface area contributed by atoms with Gasteiger partial charge in [-0.2, -0.15) is 5.10 Å². The summed E-state index contributed by atoms with van der Waals surface area (Å²) in [4.78, 5) is 0.260. The largest absolute Gasteiger partial charge is 0.389 e. The minimum atomic E-state index is 0.260. The standard InChI is InChI=1S/C7H8ClN3S/c1-3-4(2)10-11-6(8)5(3)7(9)12/h1-2H3,(H2,9,12). The molecule has 0 spiro atoms. The second-order valence-electron chi connectivity index (χ2n) is 2.44.